The standard InChI is InChI=1S/C14H20OS/c1-12(15)8-10-14(16-2)11-9-13-6-4-3-5-7-13/h3-8,10,12,14-15H,9,11H2,1-2H3/b10-8+/t12-,14-/m1/s1. The van der Waals surface area contributed by atoms with E-state index < -0.39 is 0 Å². The summed E-state index contributed by atoms with van der Waals surface area (Å²) >= 11 is 1.83. The molecular formula is C14H20OS. The molecule has 88 valence electrons. The zero-order valence-electron chi connectivity index (χ0n) is 9.97. The summed E-state index contributed by atoms with van der Waals surface area (Å²) < 4.78 is 0. The predicted molar refractivity (Wildman–Crippen MR) is 72.9 cm³/mol. The van der Waals surface area contributed by atoms with Gasteiger partial charge in [0.1, 0.15) is 0 Å². The molecule has 1 N–H and O–H groups in total. The van der Waals surface area contributed by atoms with Crippen LogP contribution in [0, 0.1) is 0 Å². The van der Waals surface area contributed by atoms with Gasteiger partial charge in [-0.05, 0) is 31.6 Å². The molecule has 2 atom stereocenters. The van der Waals surface area contributed by atoms with Crippen molar-refractivity contribution in [2.75, 3.05) is 6.26 Å². The van der Waals surface area contributed by atoms with Crippen LogP contribution < -0.4 is 0 Å². The Morgan fingerprint density at radius 2 is 1.94 bits per heavy atom. The van der Waals surface area contributed by atoms with Gasteiger partial charge in [0.05, 0.1) is 6.10 Å². The Morgan fingerprint density at radius 3 is 2.50 bits per heavy atom. The largest absolute Gasteiger partial charge is 0.389 e. The van der Waals surface area contributed by atoms with Crippen LogP contribution in [0.1, 0.15) is 18.9 Å². The van der Waals surface area contributed by atoms with Crippen molar-refractivity contribution < 1.29 is 5.11 Å². The smallest absolute Gasteiger partial charge is 0.0693 e. The van der Waals surface area contributed by atoms with Crippen LogP contribution in [0.25, 0.3) is 0 Å². The molecule has 1 rings (SSSR count). The lowest BCUT2D eigenvalue weighted by atomic mass is 10.1. The average molecular weight is 236 g/mol. The van der Waals surface area contributed by atoms with E-state index in [1.807, 2.05) is 23.9 Å². The van der Waals surface area contributed by atoms with Crippen LogP contribution in [-0.2, 0) is 6.42 Å². The summed E-state index contributed by atoms with van der Waals surface area (Å²) in [6.45, 7) is 1.78. The lowest BCUT2D eigenvalue weighted by Gasteiger charge is -2.10. The molecule has 1 aromatic rings. The van der Waals surface area contributed by atoms with E-state index in [0.717, 1.165) is 12.8 Å². The van der Waals surface area contributed by atoms with Crippen LogP contribution in [0.2, 0.25) is 0 Å². The Hall–Kier alpha value is -0.730. The summed E-state index contributed by atoms with van der Waals surface area (Å²) in [7, 11) is 0. The molecule has 0 saturated carbocycles. The van der Waals surface area contributed by atoms with E-state index in [-0.39, 0.29) is 6.10 Å². The maximum absolute atomic E-state index is 9.19. The van der Waals surface area contributed by atoms with E-state index in [1.165, 1.54) is 5.56 Å². The van der Waals surface area contributed by atoms with E-state index in [1.54, 1.807) is 6.92 Å². The quantitative estimate of drug-likeness (QED) is 0.765. The zero-order chi connectivity index (χ0) is 11.8. The summed E-state index contributed by atoms with van der Waals surface area (Å²) in [5.41, 5.74) is 1.38. The molecule has 16 heavy (non-hydrogen) atoms. The second-order valence-electron chi connectivity index (χ2n) is 3.92. The van der Waals surface area contributed by atoms with Gasteiger partial charge in [-0.15, -0.1) is 0 Å². The van der Waals surface area contributed by atoms with Gasteiger partial charge in [0.25, 0.3) is 0 Å². The molecule has 0 unspecified atom stereocenters. The number of hydrogen-bond acceptors (Lipinski definition) is 2. The van der Waals surface area contributed by atoms with Gasteiger partial charge >= 0.3 is 0 Å². The average Bonchev–Trinajstić information content (AvgIpc) is 2.30. The molecule has 0 aliphatic heterocycles. The van der Waals surface area contributed by atoms with E-state index >= 15 is 0 Å². The van der Waals surface area contributed by atoms with Crippen LogP contribution in [0.3, 0.4) is 0 Å². The normalized spacial score (nSPS) is 15.2. The Morgan fingerprint density at radius 1 is 1.25 bits per heavy atom. The minimum atomic E-state index is -0.341. The fraction of sp³-hybridized carbons (Fsp3) is 0.429. The van der Waals surface area contributed by atoms with E-state index in [0.29, 0.717) is 5.25 Å². The number of thioether (sulfide) groups is 1. The van der Waals surface area contributed by atoms with Crippen molar-refractivity contribution in [3.05, 3.63) is 48.0 Å². The third-order valence-electron chi connectivity index (χ3n) is 2.47. The Balaban J connectivity index is 2.40. The first-order valence-electron chi connectivity index (χ1n) is 5.65. The fourth-order valence-electron chi connectivity index (χ4n) is 1.53. The number of aliphatic hydroxyl groups excluding tert-OH is 1. The number of aryl methyl sites for hydroxylation is 1. The third kappa shape index (κ3) is 5.38. The molecule has 0 amide bonds. The van der Waals surface area contributed by atoms with Crippen molar-refractivity contribution in [1.29, 1.82) is 0 Å². The van der Waals surface area contributed by atoms with E-state index in [9.17, 15) is 5.11 Å². The minimum Gasteiger partial charge on any atom is -0.389 e. The van der Waals surface area contributed by atoms with Gasteiger partial charge in [0.2, 0.25) is 0 Å². The highest BCUT2D eigenvalue weighted by Crippen LogP contribution is 2.16. The van der Waals surface area contributed by atoms with Gasteiger partial charge in [0, 0.05) is 5.25 Å². The van der Waals surface area contributed by atoms with Crippen molar-refractivity contribution in [1.82, 2.24) is 0 Å². The summed E-state index contributed by atoms with van der Waals surface area (Å²) in [5.74, 6) is 0. The van der Waals surface area contributed by atoms with E-state index in [4.69, 9.17) is 0 Å². The van der Waals surface area contributed by atoms with E-state index in [2.05, 4.69) is 36.6 Å². The van der Waals surface area contributed by atoms with Crippen LogP contribution >= 0.6 is 11.8 Å². The van der Waals surface area contributed by atoms with Crippen LogP contribution in [-0.4, -0.2) is 22.7 Å². The Kier molecular flexibility index (Phi) is 6.27. The van der Waals surface area contributed by atoms with Crippen molar-refractivity contribution in [3.63, 3.8) is 0 Å². The molecule has 0 radical (unpaired) electrons. The highest BCUT2D eigenvalue weighted by molar-refractivity contribution is 7.99. The maximum atomic E-state index is 9.19. The van der Waals surface area contributed by atoms with Crippen LogP contribution in [0.4, 0.5) is 0 Å². The predicted octanol–water partition coefficient (Wildman–Crippen LogP) is 3.29. The van der Waals surface area contributed by atoms with Gasteiger partial charge in [-0.2, -0.15) is 11.8 Å². The highest BCUT2D eigenvalue weighted by atomic mass is 32.2. The van der Waals surface area contributed by atoms with Crippen molar-refractivity contribution in [2.24, 2.45) is 0 Å². The minimum absolute atomic E-state index is 0.341. The first-order chi connectivity index (χ1) is 7.72. The van der Waals surface area contributed by atoms with Gasteiger partial charge in [-0.25, -0.2) is 0 Å². The molecule has 1 aromatic carbocycles. The van der Waals surface area contributed by atoms with Crippen LogP contribution in [0.15, 0.2) is 42.5 Å². The summed E-state index contributed by atoms with van der Waals surface area (Å²) in [6, 6.07) is 10.5. The zero-order valence-corrected chi connectivity index (χ0v) is 10.8. The van der Waals surface area contributed by atoms with Gasteiger partial charge in [-0.3, -0.25) is 0 Å². The third-order valence-corrected chi connectivity index (χ3v) is 3.47. The first kappa shape index (κ1) is 13.3. The lowest BCUT2D eigenvalue weighted by molar-refractivity contribution is 0.244. The maximum Gasteiger partial charge on any atom is 0.0693 e. The van der Waals surface area contributed by atoms with Gasteiger partial charge in [0.15, 0.2) is 0 Å². The van der Waals surface area contributed by atoms with Crippen molar-refractivity contribution in [3.8, 4) is 0 Å². The molecule has 0 aliphatic carbocycles. The highest BCUT2D eigenvalue weighted by Gasteiger charge is 2.03. The topological polar surface area (TPSA) is 20.2 Å². The molecule has 1 nitrogen and oxygen atoms in total. The second-order valence-corrected chi connectivity index (χ2v) is 5.00. The number of hydrogen-bond donors (Lipinski definition) is 1. The number of benzene rings is 1. The molecule has 2 heteroatoms. The molecular weight excluding hydrogens is 216 g/mol. The van der Waals surface area contributed by atoms with Gasteiger partial charge in [-0.1, -0.05) is 42.5 Å². The Labute approximate surface area is 103 Å². The SMILES string of the molecule is CS[C@H](/C=C/[C@@H](C)O)CCc1ccccc1. The molecule has 0 saturated heterocycles. The van der Waals surface area contributed by atoms with Crippen LogP contribution in [0.5, 0.6) is 0 Å². The van der Waals surface area contributed by atoms with Crippen molar-refractivity contribution >= 4 is 11.8 Å². The molecule has 0 aromatic heterocycles. The van der Waals surface area contributed by atoms with Crippen molar-refractivity contribution in [2.45, 2.75) is 31.1 Å². The first-order valence-corrected chi connectivity index (χ1v) is 6.94. The molecule has 0 spiro atoms. The molecule has 0 bridgehead atoms. The molecule has 0 fully saturated rings. The number of rotatable bonds is 6. The molecule has 0 aliphatic rings. The lowest BCUT2D eigenvalue weighted by Crippen LogP contribution is -2.02. The monoisotopic (exact) mass is 236 g/mol. The van der Waals surface area contributed by atoms with Gasteiger partial charge < -0.3 is 5.11 Å². The Bertz CT molecular complexity index is 306. The summed E-state index contributed by atoms with van der Waals surface area (Å²) in [6.07, 6.45) is 7.96. The molecule has 0 heterocycles. The fourth-order valence-corrected chi connectivity index (χ4v) is 2.13. The number of aliphatic hydroxyl groups is 1. The second kappa shape index (κ2) is 7.53. The summed E-state index contributed by atoms with van der Waals surface area (Å²) in [4.78, 5) is 0. The summed E-state index contributed by atoms with van der Waals surface area (Å²) in [5, 5.41) is 9.68.